The zero-order valence-electron chi connectivity index (χ0n) is 9.46. The summed E-state index contributed by atoms with van der Waals surface area (Å²) in [6.07, 6.45) is 0.929. The monoisotopic (exact) mass is 275 g/mol. The summed E-state index contributed by atoms with van der Waals surface area (Å²) in [5, 5.41) is 10.7. The lowest BCUT2D eigenvalue weighted by molar-refractivity contribution is -0.136. The average molecular weight is 275 g/mol. The van der Waals surface area contributed by atoms with Crippen molar-refractivity contribution in [2.24, 2.45) is 0 Å². The van der Waals surface area contributed by atoms with E-state index >= 15 is 0 Å². The first-order valence-corrected chi connectivity index (χ1v) is 6.92. The van der Waals surface area contributed by atoms with Gasteiger partial charge in [-0.05, 0) is 12.1 Å². The van der Waals surface area contributed by atoms with Crippen LogP contribution >= 0.6 is 0 Å². The zero-order valence-corrected chi connectivity index (χ0v) is 10.3. The quantitative estimate of drug-likeness (QED) is 0.711. The molecule has 8 heteroatoms. The number of aliphatic carboxylic acids is 1. The molecule has 1 heterocycles. The van der Waals surface area contributed by atoms with Gasteiger partial charge in [-0.3, -0.25) is 9.59 Å². The molecule has 100 valence electrons. The Bertz CT molecular complexity index is 504. The molecular formula is C10H13NO6S. The Labute approximate surface area is 104 Å². The number of carbonyl (C=O) groups excluding carboxylic acids is 1. The number of hydrogen-bond donors (Lipinski definition) is 2. The number of hydrogen-bond acceptors (Lipinski definition) is 5. The van der Waals surface area contributed by atoms with Gasteiger partial charge in [-0.25, -0.2) is 8.42 Å². The third-order valence-corrected chi connectivity index (χ3v) is 3.55. The molecule has 7 nitrogen and oxygen atoms in total. The summed E-state index contributed by atoms with van der Waals surface area (Å²) in [4.78, 5) is 21.6. The number of carboxylic acids is 1. The van der Waals surface area contributed by atoms with Crippen LogP contribution < -0.4 is 5.32 Å². The lowest BCUT2D eigenvalue weighted by atomic mass is 10.4. The topological polar surface area (TPSA) is 114 Å². The molecule has 0 bridgehead atoms. The van der Waals surface area contributed by atoms with Crippen LogP contribution in [0.1, 0.15) is 12.2 Å². The van der Waals surface area contributed by atoms with E-state index in [-0.39, 0.29) is 6.54 Å². The first-order chi connectivity index (χ1) is 8.39. The molecule has 0 aliphatic heterocycles. The van der Waals surface area contributed by atoms with Gasteiger partial charge in [-0.1, -0.05) is 0 Å². The van der Waals surface area contributed by atoms with Crippen LogP contribution in [0.4, 0.5) is 0 Å². The van der Waals surface area contributed by atoms with Crippen LogP contribution in [0, 0.1) is 0 Å². The maximum atomic E-state index is 11.4. The highest BCUT2D eigenvalue weighted by atomic mass is 32.2. The lowest BCUT2D eigenvalue weighted by Crippen LogP contribution is -2.31. The Morgan fingerprint density at radius 2 is 2.11 bits per heavy atom. The van der Waals surface area contributed by atoms with Crippen LogP contribution in [0.5, 0.6) is 0 Å². The molecule has 1 aromatic rings. The van der Waals surface area contributed by atoms with Crippen molar-refractivity contribution < 1.29 is 27.5 Å². The number of carboxylic acid groups (broad SMARTS) is 1. The first-order valence-electron chi connectivity index (χ1n) is 5.10. The summed E-state index contributed by atoms with van der Waals surface area (Å²) in [6.45, 7) is 0.0975. The summed E-state index contributed by atoms with van der Waals surface area (Å²) in [6, 6.07) is 3.28. The number of rotatable bonds is 7. The molecular weight excluding hydrogens is 262 g/mol. The van der Waals surface area contributed by atoms with Crippen molar-refractivity contribution in [3.63, 3.8) is 0 Å². The maximum absolute atomic E-state index is 11.4. The Hall–Kier alpha value is -1.83. The van der Waals surface area contributed by atoms with Crippen LogP contribution in [0.3, 0.4) is 0 Å². The van der Waals surface area contributed by atoms with E-state index in [1.54, 1.807) is 12.1 Å². The average Bonchev–Trinajstić information content (AvgIpc) is 2.76. The Morgan fingerprint density at radius 3 is 2.67 bits per heavy atom. The molecule has 0 saturated carbocycles. The fourth-order valence-corrected chi connectivity index (χ4v) is 2.30. The predicted octanol–water partition coefficient (Wildman–Crippen LogP) is -0.215. The van der Waals surface area contributed by atoms with E-state index in [1.807, 2.05) is 0 Å². The number of carbonyl (C=O) groups is 2. The summed E-state index contributed by atoms with van der Waals surface area (Å²) >= 11 is 0. The van der Waals surface area contributed by atoms with Crippen LogP contribution in [-0.2, 0) is 26.0 Å². The third-order valence-electron chi connectivity index (χ3n) is 2.02. The summed E-state index contributed by atoms with van der Waals surface area (Å²) < 4.78 is 27.7. The minimum Gasteiger partial charge on any atom is -0.481 e. The van der Waals surface area contributed by atoms with Crippen molar-refractivity contribution in [3.05, 3.63) is 24.2 Å². The molecule has 0 unspecified atom stereocenters. The minimum atomic E-state index is -3.69. The normalized spacial score (nSPS) is 11.1. The Morgan fingerprint density at radius 1 is 1.39 bits per heavy atom. The van der Waals surface area contributed by atoms with Crippen molar-refractivity contribution in [3.8, 4) is 0 Å². The number of sulfone groups is 1. The van der Waals surface area contributed by atoms with Crippen molar-refractivity contribution in [2.75, 3.05) is 11.5 Å². The predicted molar refractivity (Wildman–Crippen MR) is 61.5 cm³/mol. The van der Waals surface area contributed by atoms with Gasteiger partial charge >= 0.3 is 5.97 Å². The van der Waals surface area contributed by atoms with Crippen LogP contribution in [0.25, 0.3) is 0 Å². The largest absolute Gasteiger partial charge is 0.481 e. The van der Waals surface area contributed by atoms with E-state index in [9.17, 15) is 18.0 Å². The zero-order chi connectivity index (χ0) is 13.6. The van der Waals surface area contributed by atoms with Gasteiger partial charge in [0.2, 0.25) is 5.91 Å². The highest BCUT2D eigenvalue weighted by molar-refractivity contribution is 7.92. The molecule has 0 aliphatic rings. The van der Waals surface area contributed by atoms with Crippen molar-refractivity contribution >= 4 is 21.7 Å². The van der Waals surface area contributed by atoms with Crippen molar-refractivity contribution in [1.82, 2.24) is 5.32 Å². The fraction of sp³-hybridized carbons (Fsp3) is 0.400. The van der Waals surface area contributed by atoms with E-state index < -0.39 is 39.6 Å². The van der Waals surface area contributed by atoms with Crippen molar-refractivity contribution in [1.29, 1.82) is 0 Å². The number of amides is 1. The second kappa shape index (κ2) is 6.20. The smallest absolute Gasteiger partial charge is 0.304 e. The SMILES string of the molecule is O=C(O)CCS(=O)(=O)CC(=O)NCc1ccco1. The minimum absolute atomic E-state index is 0.0975. The highest BCUT2D eigenvalue weighted by Gasteiger charge is 2.18. The molecule has 18 heavy (non-hydrogen) atoms. The van der Waals surface area contributed by atoms with E-state index in [4.69, 9.17) is 9.52 Å². The third kappa shape index (κ3) is 5.48. The van der Waals surface area contributed by atoms with Gasteiger partial charge in [0, 0.05) is 0 Å². The summed E-state index contributed by atoms with van der Waals surface area (Å²) in [7, 11) is -3.69. The second-order valence-electron chi connectivity index (χ2n) is 3.59. The molecule has 0 saturated heterocycles. The Kier molecular flexibility index (Phi) is 4.90. The fourth-order valence-electron chi connectivity index (χ4n) is 1.16. The molecule has 2 N–H and O–H groups in total. The van der Waals surface area contributed by atoms with E-state index in [1.165, 1.54) is 6.26 Å². The molecule has 0 aromatic carbocycles. The van der Waals surface area contributed by atoms with Crippen LogP contribution in [0.15, 0.2) is 22.8 Å². The van der Waals surface area contributed by atoms with Gasteiger partial charge in [-0.2, -0.15) is 0 Å². The highest BCUT2D eigenvalue weighted by Crippen LogP contribution is 1.99. The first kappa shape index (κ1) is 14.2. The van der Waals surface area contributed by atoms with Gasteiger partial charge < -0.3 is 14.8 Å². The molecule has 1 amide bonds. The molecule has 0 atom stereocenters. The van der Waals surface area contributed by atoms with E-state index in [2.05, 4.69) is 5.32 Å². The van der Waals surface area contributed by atoms with Gasteiger partial charge in [0.1, 0.15) is 11.5 Å². The van der Waals surface area contributed by atoms with Gasteiger partial charge in [0.05, 0.1) is 25.0 Å². The summed E-state index contributed by atoms with van der Waals surface area (Å²) in [5.41, 5.74) is 0. The van der Waals surface area contributed by atoms with E-state index in [0.29, 0.717) is 5.76 Å². The molecule has 1 aromatic heterocycles. The molecule has 0 fully saturated rings. The van der Waals surface area contributed by atoms with Gasteiger partial charge in [-0.15, -0.1) is 0 Å². The molecule has 0 spiro atoms. The summed E-state index contributed by atoms with van der Waals surface area (Å²) in [5.74, 6) is -2.66. The van der Waals surface area contributed by atoms with Crippen molar-refractivity contribution in [2.45, 2.75) is 13.0 Å². The van der Waals surface area contributed by atoms with E-state index in [0.717, 1.165) is 0 Å². The number of furan rings is 1. The standard InChI is InChI=1S/C10H13NO6S/c12-9(11-6-8-2-1-4-17-8)7-18(15,16)5-3-10(13)14/h1-2,4H,3,5-7H2,(H,11,12)(H,13,14). The molecule has 0 radical (unpaired) electrons. The van der Waals surface area contributed by atoms with Crippen LogP contribution in [0.2, 0.25) is 0 Å². The van der Waals surface area contributed by atoms with Gasteiger partial charge in [0.15, 0.2) is 9.84 Å². The van der Waals surface area contributed by atoms with Gasteiger partial charge in [0.25, 0.3) is 0 Å². The number of nitrogens with one attached hydrogen (secondary N) is 1. The Balaban J connectivity index is 2.37. The van der Waals surface area contributed by atoms with Crippen LogP contribution in [-0.4, -0.2) is 36.9 Å². The molecule has 0 aliphatic carbocycles. The second-order valence-corrected chi connectivity index (χ2v) is 5.78. The lowest BCUT2D eigenvalue weighted by Gasteiger charge is -2.04. The molecule has 1 rings (SSSR count). The maximum Gasteiger partial charge on any atom is 0.304 e.